The molecule has 6 heterocycles. The highest BCUT2D eigenvalue weighted by Gasteiger charge is 2.53. The summed E-state index contributed by atoms with van der Waals surface area (Å²) in [6, 6.07) is 7.86. The lowest BCUT2D eigenvalue weighted by Gasteiger charge is -2.51. The highest BCUT2D eigenvalue weighted by Crippen LogP contribution is 2.52. The fraction of sp³-hybridized carbons (Fsp3) is 0.640. The fourth-order valence-electron chi connectivity index (χ4n) is 11.3. The van der Waals surface area contributed by atoms with Gasteiger partial charge in [-0.25, -0.2) is 24.1 Å². The van der Waals surface area contributed by atoms with E-state index in [0.717, 1.165) is 77.9 Å². The Labute approximate surface area is 404 Å². The standard InChI is InChI=1S/C50H68ClFN8O8/c1-33-37-8-4-7-34-13-15-50(2,68-63-3)67-49(47(34)37)66-43(33)9-5-16-57-18-20-59(21-19-57)30-46(62)60-24-22-58(23-25-60)17-6-10-45(61)56-42-28-38-41(29-44(42)65-36-14-26-64-31-36)53-32-54-48(38)55-35-11-12-40(52)39(51)27-35/h6,10-12,27-29,32-34,36-37,43,47,49H,4-5,7-9,13-26,30-31H2,1-3H3,(H,56,61)(H,53,54,55). The number of hydrogen-bond acceptors (Lipinski definition) is 14. The van der Waals surface area contributed by atoms with Crippen molar-refractivity contribution in [3.63, 3.8) is 0 Å². The predicted molar refractivity (Wildman–Crippen MR) is 256 cm³/mol. The van der Waals surface area contributed by atoms with Crippen LogP contribution in [0.3, 0.4) is 0 Å². The summed E-state index contributed by atoms with van der Waals surface area (Å²) in [7, 11) is 1.55. The zero-order valence-electron chi connectivity index (χ0n) is 39.7. The summed E-state index contributed by atoms with van der Waals surface area (Å²) < 4.78 is 39.1. The van der Waals surface area contributed by atoms with Crippen molar-refractivity contribution in [3.8, 4) is 5.75 Å². The van der Waals surface area contributed by atoms with Crippen molar-refractivity contribution in [1.82, 2.24) is 29.6 Å². The van der Waals surface area contributed by atoms with Crippen molar-refractivity contribution in [2.75, 3.05) is 103 Å². The van der Waals surface area contributed by atoms with Gasteiger partial charge in [0.2, 0.25) is 17.6 Å². The van der Waals surface area contributed by atoms with Crippen molar-refractivity contribution in [3.05, 3.63) is 59.7 Å². The number of nitrogens with one attached hydrogen (secondary N) is 2. The molecule has 0 radical (unpaired) electrons. The largest absolute Gasteiger partial charge is 0.486 e. The van der Waals surface area contributed by atoms with Gasteiger partial charge in [0.05, 0.1) is 49.2 Å². The van der Waals surface area contributed by atoms with Crippen LogP contribution in [0.15, 0.2) is 48.8 Å². The van der Waals surface area contributed by atoms with E-state index in [-0.39, 0.29) is 35.3 Å². The van der Waals surface area contributed by atoms with Gasteiger partial charge in [-0.2, -0.15) is 0 Å². The quantitative estimate of drug-likeness (QED) is 0.0873. The number of anilines is 3. The Kier molecular flexibility index (Phi) is 16.1. The van der Waals surface area contributed by atoms with Crippen LogP contribution in [0.5, 0.6) is 5.75 Å². The topological polar surface area (TPSA) is 152 Å². The molecule has 5 aliphatic heterocycles. The molecule has 0 spiro atoms. The average molecular weight is 964 g/mol. The third-order valence-corrected chi connectivity index (χ3v) is 15.4. The molecule has 8 atom stereocenters. The highest BCUT2D eigenvalue weighted by molar-refractivity contribution is 6.31. The smallest absolute Gasteiger partial charge is 0.248 e. The lowest BCUT2D eigenvalue weighted by atomic mass is 9.63. The van der Waals surface area contributed by atoms with Crippen molar-refractivity contribution in [2.24, 2.45) is 23.7 Å². The molecule has 1 aliphatic carbocycles. The maximum Gasteiger partial charge on any atom is 0.248 e. The lowest BCUT2D eigenvalue weighted by molar-refractivity contribution is -0.444. The van der Waals surface area contributed by atoms with Gasteiger partial charge in [0.15, 0.2) is 6.29 Å². The van der Waals surface area contributed by atoms with E-state index in [1.54, 1.807) is 25.3 Å². The molecule has 6 aliphatic rings. The molecule has 6 fully saturated rings. The van der Waals surface area contributed by atoms with Crippen LogP contribution in [-0.2, 0) is 33.6 Å². The van der Waals surface area contributed by atoms with Crippen LogP contribution >= 0.6 is 11.6 Å². The van der Waals surface area contributed by atoms with E-state index >= 15 is 0 Å². The van der Waals surface area contributed by atoms with Gasteiger partial charge in [0, 0.05) is 101 Å². The van der Waals surface area contributed by atoms with Gasteiger partial charge in [-0.3, -0.25) is 19.4 Å². The molecule has 1 saturated carbocycles. The number of halogens is 2. The average Bonchev–Trinajstić information content (AvgIpc) is 3.80. The van der Waals surface area contributed by atoms with Crippen LogP contribution in [0.25, 0.3) is 10.9 Å². The first kappa shape index (κ1) is 49.0. The van der Waals surface area contributed by atoms with Crippen molar-refractivity contribution >= 4 is 51.5 Å². The lowest BCUT2D eigenvalue weighted by Crippen LogP contribution is -2.54. The Balaban J connectivity index is 0.703. The maximum atomic E-state index is 13.9. The number of carbonyl (C=O) groups excluding carboxylic acids is 2. The van der Waals surface area contributed by atoms with Gasteiger partial charge in [0.1, 0.15) is 29.8 Å². The second kappa shape index (κ2) is 22.4. The summed E-state index contributed by atoms with van der Waals surface area (Å²) in [4.78, 5) is 55.4. The minimum atomic E-state index is -0.787. The Bertz CT molecular complexity index is 2240. The molecule has 5 saturated heterocycles. The number of amides is 2. The van der Waals surface area contributed by atoms with Crippen molar-refractivity contribution in [2.45, 2.75) is 89.5 Å². The highest BCUT2D eigenvalue weighted by atomic mass is 35.5. The molecule has 8 unspecified atom stereocenters. The molecule has 370 valence electrons. The Morgan fingerprint density at radius 3 is 2.59 bits per heavy atom. The van der Waals surface area contributed by atoms with Crippen molar-refractivity contribution in [1.29, 1.82) is 0 Å². The molecule has 18 heteroatoms. The number of ether oxygens (including phenoxy) is 4. The second-order valence-electron chi connectivity index (χ2n) is 19.7. The summed E-state index contributed by atoms with van der Waals surface area (Å²) in [6.45, 7) is 13.9. The number of aromatic nitrogens is 2. The van der Waals surface area contributed by atoms with E-state index in [1.165, 1.54) is 43.8 Å². The van der Waals surface area contributed by atoms with E-state index in [2.05, 4.69) is 42.2 Å². The Morgan fingerprint density at radius 1 is 1.00 bits per heavy atom. The maximum absolute atomic E-state index is 13.9. The molecule has 9 rings (SSSR count). The van der Waals surface area contributed by atoms with Crippen molar-refractivity contribution < 1.29 is 42.7 Å². The Morgan fingerprint density at radius 2 is 1.81 bits per heavy atom. The normalized spacial score (nSPS) is 29.5. The van der Waals surface area contributed by atoms with Gasteiger partial charge in [-0.15, -0.1) is 0 Å². The number of carbonyl (C=O) groups is 2. The van der Waals surface area contributed by atoms with Crippen LogP contribution in [0, 0.1) is 29.5 Å². The monoisotopic (exact) mass is 962 g/mol. The van der Waals surface area contributed by atoms with E-state index in [1.807, 2.05) is 17.9 Å². The van der Waals surface area contributed by atoms with E-state index in [0.29, 0.717) is 96.9 Å². The first-order valence-corrected chi connectivity index (χ1v) is 25.1. The molecule has 2 amide bonds. The van der Waals surface area contributed by atoms with Crippen LogP contribution in [-0.4, -0.2) is 158 Å². The number of hydrogen-bond donors (Lipinski definition) is 2. The summed E-state index contributed by atoms with van der Waals surface area (Å²) >= 11 is 6.03. The van der Waals surface area contributed by atoms with Crippen LogP contribution in [0.2, 0.25) is 5.02 Å². The van der Waals surface area contributed by atoms with Gasteiger partial charge in [0.25, 0.3) is 0 Å². The molecular weight excluding hydrogens is 895 g/mol. The van der Waals surface area contributed by atoms with Gasteiger partial charge >= 0.3 is 0 Å². The number of fused-ring (bicyclic) bond motifs is 1. The van der Waals surface area contributed by atoms with E-state index in [4.69, 9.17) is 40.3 Å². The number of nitrogens with zero attached hydrogens (tertiary/aromatic N) is 6. The van der Waals surface area contributed by atoms with Crippen LogP contribution in [0.4, 0.5) is 21.6 Å². The summed E-state index contributed by atoms with van der Waals surface area (Å²) in [5, 5.41) is 6.78. The molecular formula is C50H68ClFN8O8. The number of benzene rings is 2. The van der Waals surface area contributed by atoms with Crippen LogP contribution < -0.4 is 15.4 Å². The van der Waals surface area contributed by atoms with Gasteiger partial charge < -0.3 is 39.4 Å². The first-order valence-electron chi connectivity index (χ1n) is 24.7. The zero-order valence-corrected chi connectivity index (χ0v) is 40.5. The number of piperazine rings is 2. The van der Waals surface area contributed by atoms with Gasteiger partial charge in [-0.05, 0) is 87.6 Å². The Hall–Kier alpha value is -4.04. The SMILES string of the molecule is COOC1(C)CCC2CCCC3C(C)C(CCCN4CCN(CC(=O)N5CCN(CC=CC(=O)Nc6cc7c(Nc8ccc(F)c(Cl)c8)ncnc7cc6OC6CCOC6)CC5)CC4)OC(O1)C23. The van der Waals surface area contributed by atoms with E-state index in [9.17, 15) is 14.0 Å². The molecule has 0 bridgehead atoms. The minimum Gasteiger partial charge on any atom is -0.486 e. The summed E-state index contributed by atoms with van der Waals surface area (Å²) in [5.74, 6) is 1.63. The van der Waals surface area contributed by atoms with Crippen LogP contribution in [0.1, 0.15) is 65.2 Å². The molecule has 1 aromatic heterocycles. The molecule has 3 aromatic rings. The third-order valence-electron chi connectivity index (χ3n) is 15.1. The molecule has 68 heavy (non-hydrogen) atoms. The minimum absolute atomic E-state index is 0.0185. The first-order chi connectivity index (χ1) is 33.0. The number of rotatable bonds is 16. The third kappa shape index (κ3) is 11.9. The van der Waals surface area contributed by atoms with E-state index < -0.39 is 11.6 Å². The molecule has 16 nitrogen and oxygen atoms in total. The fourth-order valence-corrected chi connectivity index (χ4v) is 11.5. The molecule has 2 N–H and O–H groups in total. The zero-order chi connectivity index (χ0) is 47.2. The summed E-state index contributed by atoms with van der Waals surface area (Å²) in [6.07, 6.45) is 13.0. The van der Waals surface area contributed by atoms with Gasteiger partial charge in [-0.1, -0.05) is 31.0 Å². The molecule has 2 aromatic carbocycles. The summed E-state index contributed by atoms with van der Waals surface area (Å²) in [5.41, 5.74) is 1.59. The second-order valence-corrected chi connectivity index (χ2v) is 20.1. The predicted octanol–water partition coefficient (Wildman–Crippen LogP) is 6.87.